The summed E-state index contributed by atoms with van der Waals surface area (Å²) >= 11 is 3.26. The molecule has 0 spiro atoms. The van der Waals surface area contributed by atoms with Crippen LogP contribution in [0, 0.1) is 0 Å². The van der Waals surface area contributed by atoms with Gasteiger partial charge in [-0.05, 0) is 12.1 Å². The van der Waals surface area contributed by atoms with Crippen molar-refractivity contribution in [3.63, 3.8) is 0 Å². The number of hydrogen-bond donors (Lipinski definition) is 0. The Hall–Kier alpha value is -0.130. The molecule has 0 amide bonds. The normalized spacial score (nSPS) is 11.5. The first-order valence-electron chi connectivity index (χ1n) is 3.50. The highest BCUT2D eigenvalue weighted by molar-refractivity contribution is 9.10. The Morgan fingerprint density at radius 2 is 2.23 bits per heavy atom. The first-order valence-corrected chi connectivity index (χ1v) is 6.77. The van der Waals surface area contributed by atoms with Gasteiger partial charge in [0.25, 0.3) is 0 Å². The molecule has 1 aromatic rings. The van der Waals surface area contributed by atoms with E-state index in [4.69, 9.17) is 10.7 Å². The molecule has 3 nitrogen and oxygen atoms in total. The van der Waals surface area contributed by atoms with Gasteiger partial charge in [0.15, 0.2) is 0 Å². The van der Waals surface area contributed by atoms with Crippen molar-refractivity contribution in [1.29, 1.82) is 0 Å². The van der Waals surface area contributed by atoms with E-state index in [9.17, 15) is 8.42 Å². The van der Waals surface area contributed by atoms with Crippen LogP contribution < -0.4 is 0 Å². The third-order valence-corrected chi connectivity index (χ3v) is 3.03. The molecule has 13 heavy (non-hydrogen) atoms. The highest BCUT2D eigenvalue weighted by atomic mass is 79.9. The minimum absolute atomic E-state index is 0.0853. The van der Waals surface area contributed by atoms with Gasteiger partial charge < -0.3 is 0 Å². The second-order valence-electron chi connectivity index (χ2n) is 2.46. The monoisotopic (exact) mass is 283 g/mol. The summed E-state index contributed by atoms with van der Waals surface area (Å²) in [4.78, 5) is 3.99. The van der Waals surface area contributed by atoms with Crippen molar-refractivity contribution in [2.45, 2.75) is 6.42 Å². The lowest BCUT2D eigenvalue weighted by Gasteiger charge is -1.98. The van der Waals surface area contributed by atoms with Gasteiger partial charge in [0.05, 0.1) is 5.75 Å². The van der Waals surface area contributed by atoms with Crippen LogP contribution in [0.4, 0.5) is 0 Å². The van der Waals surface area contributed by atoms with E-state index in [0.717, 1.165) is 4.47 Å². The first-order chi connectivity index (χ1) is 5.97. The molecule has 0 fully saturated rings. The molecule has 0 aromatic carbocycles. The molecule has 1 rings (SSSR count). The fourth-order valence-electron chi connectivity index (χ4n) is 0.812. The molecular weight excluding hydrogens is 278 g/mol. The standard InChI is InChI=1S/C7H7BrClNO2S/c8-6-1-3-10-7(5-6)2-4-13(9,11)12/h1,3,5H,2,4H2. The van der Waals surface area contributed by atoms with Crippen molar-refractivity contribution in [2.75, 3.05) is 5.75 Å². The number of hydrogen-bond acceptors (Lipinski definition) is 3. The zero-order chi connectivity index (χ0) is 9.90. The number of nitrogens with zero attached hydrogens (tertiary/aromatic N) is 1. The van der Waals surface area contributed by atoms with Crippen molar-refractivity contribution in [3.05, 3.63) is 28.5 Å². The number of pyridine rings is 1. The Morgan fingerprint density at radius 1 is 1.54 bits per heavy atom. The van der Waals surface area contributed by atoms with Gasteiger partial charge in [-0.15, -0.1) is 0 Å². The van der Waals surface area contributed by atoms with Gasteiger partial charge in [-0.3, -0.25) is 4.98 Å². The summed E-state index contributed by atoms with van der Waals surface area (Å²) in [7, 11) is 1.64. The minimum Gasteiger partial charge on any atom is -0.261 e. The lowest BCUT2D eigenvalue weighted by atomic mass is 10.3. The van der Waals surface area contributed by atoms with Crippen LogP contribution in [0.2, 0.25) is 0 Å². The van der Waals surface area contributed by atoms with Crippen molar-refractivity contribution in [3.8, 4) is 0 Å². The lowest BCUT2D eigenvalue weighted by Crippen LogP contribution is -2.02. The predicted molar refractivity (Wildman–Crippen MR) is 55.3 cm³/mol. The molecule has 1 heterocycles. The van der Waals surface area contributed by atoms with Crippen LogP contribution in [0.5, 0.6) is 0 Å². The number of aryl methyl sites for hydroxylation is 1. The molecule has 0 radical (unpaired) electrons. The van der Waals surface area contributed by atoms with E-state index in [2.05, 4.69) is 20.9 Å². The Labute approximate surface area is 89.7 Å². The Bertz CT molecular complexity index is 393. The first kappa shape index (κ1) is 10.9. The zero-order valence-electron chi connectivity index (χ0n) is 6.57. The lowest BCUT2D eigenvalue weighted by molar-refractivity contribution is 0.608. The summed E-state index contributed by atoms with van der Waals surface area (Å²) in [5, 5.41) is 0. The summed E-state index contributed by atoms with van der Waals surface area (Å²) < 4.78 is 22.1. The summed E-state index contributed by atoms with van der Waals surface area (Å²) in [5.41, 5.74) is 0.707. The van der Waals surface area contributed by atoms with Crippen LogP contribution >= 0.6 is 26.6 Å². The predicted octanol–water partition coefficient (Wildman–Crippen LogP) is 1.96. The largest absolute Gasteiger partial charge is 0.261 e. The van der Waals surface area contributed by atoms with E-state index in [1.165, 1.54) is 0 Å². The van der Waals surface area contributed by atoms with Gasteiger partial charge in [-0.1, -0.05) is 15.9 Å². The summed E-state index contributed by atoms with van der Waals surface area (Å²) in [6.45, 7) is 0. The van der Waals surface area contributed by atoms with Gasteiger partial charge >= 0.3 is 0 Å². The van der Waals surface area contributed by atoms with E-state index < -0.39 is 9.05 Å². The SMILES string of the molecule is O=S(=O)(Cl)CCc1cc(Br)ccn1. The van der Waals surface area contributed by atoms with Gasteiger partial charge in [0, 0.05) is 33.5 Å². The molecule has 72 valence electrons. The van der Waals surface area contributed by atoms with Gasteiger partial charge in [-0.2, -0.15) is 0 Å². The molecular formula is C7H7BrClNO2S. The van der Waals surface area contributed by atoms with Crippen LogP contribution in [0.25, 0.3) is 0 Å². The molecule has 1 aromatic heterocycles. The van der Waals surface area contributed by atoms with Gasteiger partial charge in [0.2, 0.25) is 9.05 Å². The molecule has 0 saturated heterocycles. The molecule has 0 unspecified atom stereocenters. The van der Waals surface area contributed by atoms with E-state index >= 15 is 0 Å². The maximum atomic E-state index is 10.6. The third-order valence-electron chi connectivity index (χ3n) is 1.38. The summed E-state index contributed by atoms with van der Waals surface area (Å²) in [6.07, 6.45) is 1.95. The fourth-order valence-corrected chi connectivity index (χ4v) is 1.88. The maximum Gasteiger partial charge on any atom is 0.232 e. The second kappa shape index (κ2) is 4.39. The van der Waals surface area contributed by atoms with Gasteiger partial charge in [0.1, 0.15) is 0 Å². The van der Waals surface area contributed by atoms with Crippen LogP contribution in [-0.4, -0.2) is 19.2 Å². The van der Waals surface area contributed by atoms with Crippen molar-refractivity contribution in [1.82, 2.24) is 4.98 Å². The minimum atomic E-state index is -3.42. The highest BCUT2D eigenvalue weighted by Crippen LogP contribution is 2.10. The summed E-state index contributed by atoms with van der Waals surface area (Å²) in [6, 6.07) is 3.54. The number of rotatable bonds is 3. The molecule has 0 aliphatic carbocycles. The molecule has 0 N–H and O–H groups in total. The van der Waals surface area contributed by atoms with Crippen LogP contribution in [0.3, 0.4) is 0 Å². The molecule has 0 aliphatic rings. The number of aromatic nitrogens is 1. The average Bonchev–Trinajstić information content (AvgIpc) is 2.00. The molecule has 0 saturated carbocycles. The van der Waals surface area contributed by atoms with E-state index in [1.807, 2.05) is 0 Å². The average molecular weight is 285 g/mol. The Morgan fingerprint density at radius 3 is 2.77 bits per heavy atom. The van der Waals surface area contributed by atoms with Gasteiger partial charge in [-0.25, -0.2) is 8.42 Å². The van der Waals surface area contributed by atoms with Crippen molar-refractivity contribution in [2.24, 2.45) is 0 Å². The Kier molecular flexibility index (Phi) is 3.70. The molecule has 0 aliphatic heterocycles. The molecule has 6 heteroatoms. The summed E-state index contributed by atoms with van der Waals surface area (Å²) in [5.74, 6) is -0.0853. The number of halogens is 2. The van der Waals surface area contributed by atoms with E-state index in [-0.39, 0.29) is 5.75 Å². The van der Waals surface area contributed by atoms with Crippen LogP contribution in [0.1, 0.15) is 5.69 Å². The van der Waals surface area contributed by atoms with Crippen molar-refractivity contribution < 1.29 is 8.42 Å². The zero-order valence-corrected chi connectivity index (χ0v) is 9.73. The highest BCUT2D eigenvalue weighted by Gasteiger charge is 2.06. The topological polar surface area (TPSA) is 47.0 Å². The maximum absolute atomic E-state index is 10.6. The van der Waals surface area contributed by atoms with Crippen molar-refractivity contribution >= 4 is 35.7 Å². The molecule has 0 bridgehead atoms. The second-order valence-corrected chi connectivity index (χ2v) is 6.27. The smallest absolute Gasteiger partial charge is 0.232 e. The van der Waals surface area contributed by atoms with E-state index in [1.54, 1.807) is 18.3 Å². The van der Waals surface area contributed by atoms with E-state index in [0.29, 0.717) is 12.1 Å². The Balaban J connectivity index is 2.65. The van der Waals surface area contributed by atoms with Crippen LogP contribution in [0.15, 0.2) is 22.8 Å². The van der Waals surface area contributed by atoms with Crippen LogP contribution in [-0.2, 0) is 15.5 Å². The molecule has 0 atom stereocenters. The fraction of sp³-hybridized carbons (Fsp3) is 0.286. The quantitative estimate of drug-likeness (QED) is 0.797. The third kappa shape index (κ3) is 4.59.